The number of hydrogen-bond donors (Lipinski definition) is 2. The fourth-order valence-electron chi connectivity index (χ4n) is 3.79. The van der Waals surface area contributed by atoms with Crippen molar-refractivity contribution in [3.8, 4) is 5.75 Å². The van der Waals surface area contributed by atoms with Gasteiger partial charge in [-0.25, -0.2) is 0 Å². The van der Waals surface area contributed by atoms with E-state index >= 15 is 0 Å². The minimum absolute atomic E-state index is 0.460. The third-order valence-electron chi connectivity index (χ3n) is 5.36. The lowest BCUT2D eigenvalue weighted by Gasteiger charge is -2.32. The second-order valence-corrected chi connectivity index (χ2v) is 10.0. The Balaban J connectivity index is 1.33. The molecule has 7 heteroatoms. The van der Waals surface area contributed by atoms with Crippen molar-refractivity contribution in [2.75, 3.05) is 47.6 Å². The molecule has 1 saturated heterocycles. The van der Waals surface area contributed by atoms with Crippen LogP contribution in [0, 0.1) is 0 Å². The van der Waals surface area contributed by atoms with Gasteiger partial charge in [-0.15, -0.1) is 0 Å². The summed E-state index contributed by atoms with van der Waals surface area (Å²) in [6.45, 7) is 2.94. The van der Waals surface area contributed by atoms with Gasteiger partial charge in [-0.05, 0) is 67.2 Å². The zero-order valence-corrected chi connectivity index (χ0v) is 20.0. The van der Waals surface area contributed by atoms with Crippen LogP contribution < -0.4 is 24.7 Å². The maximum Gasteiger partial charge on any atom is 0.170 e. The van der Waals surface area contributed by atoms with Crippen LogP contribution in [0.2, 0.25) is 0 Å². The summed E-state index contributed by atoms with van der Waals surface area (Å²) in [5, 5.41) is 7.24. The lowest BCUT2D eigenvalue weighted by Crippen LogP contribution is -2.30. The molecule has 1 fully saturated rings. The number of thiocarbonyl (C=S) groups is 1. The topological polar surface area (TPSA) is 39.8 Å². The van der Waals surface area contributed by atoms with Gasteiger partial charge in [0.05, 0.1) is 15.3 Å². The molecule has 0 unspecified atom stereocenters. The number of benzene rings is 3. The zero-order valence-electron chi connectivity index (χ0n) is 18.3. The Bertz CT molecular complexity index is 940. The van der Waals surface area contributed by atoms with Crippen molar-refractivity contribution in [3.63, 3.8) is 0 Å². The summed E-state index contributed by atoms with van der Waals surface area (Å²) in [6.07, 6.45) is 2.15. The Morgan fingerprint density at radius 1 is 0.875 bits per heavy atom. The number of rotatable bonds is 8. The summed E-state index contributed by atoms with van der Waals surface area (Å²) in [7, 11) is 1.20. The SMILES string of the molecule is COc1ccc(NC(=S)NCCCP2N(c3ccccc3)CCN2c2ccccc2)cc1. The van der Waals surface area contributed by atoms with E-state index in [1.165, 1.54) is 11.4 Å². The Kier molecular flexibility index (Phi) is 7.81. The molecule has 3 aromatic carbocycles. The van der Waals surface area contributed by atoms with E-state index in [-0.39, 0.29) is 0 Å². The molecular weight excluding hydrogens is 435 g/mol. The molecule has 0 amide bonds. The molecule has 2 N–H and O–H groups in total. The summed E-state index contributed by atoms with van der Waals surface area (Å²) in [4.78, 5) is 0. The summed E-state index contributed by atoms with van der Waals surface area (Å²) in [5.41, 5.74) is 3.57. The van der Waals surface area contributed by atoms with Gasteiger partial charge in [0.15, 0.2) is 5.11 Å². The molecular formula is C25H29N4OPS. The van der Waals surface area contributed by atoms with Crippen LogP contribution in [0.25, 0.3) is 0 Å². The van der Waals surface area contributed by atoms with E-state index in [0.29, 0.717) is 5.11 Å². The van der Waals surface area contributed by atoms with E-state index in [4.69, 9.17) is 17.0 Å². The molecule has 1 aliphatic heterocycles. The van der Waals surface area contributed by atoms with Crippen molar-refractivity contribution in [3.05, 3.63) is 84.9 Å². The van der Waals surface area contributed by atoms with Crippen LogP contribution in [0.3, 0.4) is 0 Å². The highest BCUT2D eigenvalue weighted by molar-refractivity contribution is 7.80. The molecule has 0 aliphatic carbocycles. The average Bonchev–Trinajstić information content (AvgIpc) is 3.27. The smallest absolute Gasteiger partial charge is 0.170 e. The number of anilines is 3. The first-order valence-corrected chi connectivity index (χ1v) is 12.7. The summed E-state index contributed by atoms with van der Waals surface area (Å²) in [6, 6.07) is 29.3. The number of nitrogens with one attached hydrogen (secondary N) is 2. The van der Waals surface area contributed by atoms with Gasteiger partial charge in [-0.2, -0.15) is 0 Å². The first kappa shape index (κ1) is 22.4. The Labute approximate surface area is 197 Å². The van der Waals surface area contributed by atoms with E-state index in [2.05, 4.69) is 80.6 Å². The zero-order chi connectivity index (χ0) is 22.2. The van der Waals surface area contributed by atoms with Gasteiger partial charge in [-0.3, -0.25) is 0 Å². The van der Waals surface area contributed by atoms with Crippen LogP contribution in [0.5, 0.6) is 5.75 Å². The molecule has 1 heterocycles. The summed E-state index contributed by atoms with van der Waals surface area (Å²) >= 11 is 5.48. The Hall–Kier alpha value is -2.82. The second-order valence-electron chi connectivity index (χ2n) is 7.48. The Morgan fingerprint density at radius 2 is 1.44 bits per heavy atom. The monoisotopic (exact) mass is 464 g/mol. The molecule has 0 aromatic heterocycles. The molecule has 166 valence electrons. The molecule has 4 rings (SSSR count). The van der Waals surface area contributed by atoms with Gasteiger partial charge in [0.1, 0.15) is 5.75 Å². The predicted octanol–water partition coefficient (Wildman–Crippen LogP) is 5.71. The second kappa shape index (κ2) is 11.2. The first-order chi connectivity index (χ1) is 15.7. The van der Waals surface area contributed by atoms with E-state index in [1.807, 2.05) is 24.3 Å². The largest absolute Gasteiger partial charge is 0.497 e. The minimum Gasteiger partial charge on any atom is -0.497 e. The van der Waals surface area contributed by atoms with Crippen molar-refractivity contribution in [1.82, 2.24) is 5.32 Å². The van der Waals surface area contributed by atoms with E-state index < -0.39 is 8.22 Å². The van der Waals surface area contributed by atoms with Crippen molar-refractivity contribution >= 4 is 42.6 Å². The number of ether oxygens (including phenoxy) is 1. The normalized spacial score (nSPS) is 13.8. The lowest BCUT2D eigenvalue weighted by molar-refractivity contribution is 0.415. The van der Waals surface area contributed by atoms with Crippen LogP contribution >= 0.6 is 20.4 Å². The van der Waals surface area contributed by atoms with Crippen LogP contribution in [-0.4, -0.2) is 38.0 Å². The van der Waals surface area contributed by atoms with Crippen molar-refractivity contribution in [2.24, 2.45) is 0 Å². The van der Waals surface area contributed by atoms with E-state index in [1.54, 1.807) is 7.11 Å². The molecule has 0 spiro atoms. The third-order valence-corrected chi connectivity index (χ3v) is 8.30. The molecule has 5 nitrogen and oxygen atoms in total. The highest BCUT2D eigenvalue weighted by Crippen LogP contribution is 2.53. The third kappa shape index (κ3) is 5.70. The van der Waals surface area contributed by atoms with Gasteiger partial charge in [0, 0.05) is 42.9 Å². The van der Waals surface area contributed by atoms with Gasteiger partial charge in [0.25, 0.3) is 0 Å². The predicted molar refractivity (Wildman–Crippen MR) is 141 cm³/mol. The average molecular weight is 465 g/mol. The minimum atomic E-state index is -0.460. The molecule has 1 aliphatic rings. The fraction of sp³-hybridized carbons (Fsp3) is 0.240. The quantitative estimate of drug-likeness (QED) is 0.253. The number of methoxy groups -OCH3 is 1. The van der Waals surface area contributed by atoms with Crippen LogP contribution in [0.1, 0.15) is 6.42 Å². The lowest BCUT2D eigenvalue weighted by atomic mass is 10.3. The molecule has 0 radical (unpaired) electrons. The van der Waals surface area contributed by atoms with Crippen molar-refractivity contribution < 1.29 is 4.74 Å². The van der Waals surface area contributed by atoms with Gasteiger partial charge < -0.3 is 24.7 Å². The summed E-state index contributed by atoms with van der Waals surface area (Å²) < 4.78 is 10.4. The Morgan fingerprint density at radius 3 is 1.97 bits per heavy atom. The van der Waals surface area contributed by atoms with Gasteiger partial charge >= 0.3 is 0 Å². The van der Waals surface area contributed by atoms with Gasteiger partial charge in [0.2, 0.25) is 0 Å². The number of hydrogen-bond acceptors (Lipinski definition) is 4. The van der Waals surface area contributed by atoms with E-state index in [0.717, 1.165) is 43.7 Å². The number of nitrogens with zero attached hydrogens (tertiary/aromatic N) is 2. The van der Waals surface area contributed by atoms with Crippen LogP contribution in [-0.2, 0) is 0 Å². The number of para-hydroxylation sites is 2. The highest BCUT2D eigenvalue weighted by Gasteiger charge is 2.32. The van der Waals surface area contributed by atoms with Crippen LogP contribution in [0.15, 0.2) is 84.9 Å². The molecule has 0 atom stereocenters. The van der Waals surface area contributed by atoms with Gasteiger partial charge in [-0.1, -0.05) is 36.4 Å². The highest BCUT2D eigenvalue weighted by atomic mass is 32.1. The molecule has 3 aromatic rings. The van der Waals surface area contributed by atoms with E-state index in [9.17, 15) is 0 Å². The van der Waals surface area contributed by atoms with Crippen LogP contribution in [0.4, 0.5) is 17.1 Å². The standard InChI is InChI=1S/C25H29N4OPS/c1-30-24-15-13-21(14-16-24)27-25(32)26-17-8-20-31-28(22-9-4-2-5-10-22)18-19-29(31)23-11-6-3-7-12-23/h2-7,9-16H,8,17-20H2,1H3,(H2,26,27,32). The fourth-order valence-corrected chi connectivity index (χ4v) is 6.63. The maximum absolute atomic E-state index is 5.48. The summed E-state index contributed by atoms with van der Waals surface area (Å²) in [5.74, 6) is 0.833. The first-order valence-electron chi connectivity index (χ1n) is 10.9. The van der Waals surface area contributed by atoms with Crippen molar-refractivity contribution in [1.29, 1.82) is 0 Å². The van der Waals surface area contributed by atoms with Crippen molar-refractivity contribution in [2.45, 2.75) is 6.42 Å². The maximum atomic E-state index is 5.48. The molecule has 0 saturated carbocycles. The molecule has 0 bridgehead atoms. The molecule has 32 heavy (non-hydrogen) atoms.